The van der Waals surface area contributed by atoms with Crippen molar-refractivity contribution in [3.63, 3.8) is 0 Å². The molecule has 1 amide bonds. The molecule has 32 heavy (non-hydrogen) atoms. The van der Waals surface area contributed by atoms with E-state index in [4.69, 9.17) is 21.7 Å². The van der Waals surface area contributed by atoms with Crippen LogP contribution in [0.25, 0.3) is 10.9 Å². The summed E-state index contributed by atoms with van der Waals surface area (Å²) in [5.41, 5.74) is 13.2. The number of carboxylic acids is 2. The fraction of sp³-hybridized carbons (Fsp3) is 0.150. The Morgan fingerprint density at radius 2 is 1.62 bits per heavy atom. The van der Waals surface area contributed by atoms with Crippen LogP contribution in [0.15, 0.2) is 52.7 Å². The number of hydrogen-bond acceptors (Lipinski definition) is 9. The molecule has 1 heterocycles. The van der Waals surface area contributed by atoms with Crippen LogP contribution in [0.4, 0.5) is 23.1 Å². The number of nitrogens with zero attached hydrogens (tertiary/aromatic N) is 4. The van der Waals surface area contributed by atoms with E-state index in [9.17, 15) is 14.4 Å². The maximum atomic E-state index is 12.3. The Bertz CT molecular complexity index is 1210. The van der Waals surface area contributed by atoms with Gasteiger partial charge in [-0.1, -0.05) is 0 Å². The SMILES string of the molecule is Nc1nc(N)c2cc(N=Nc3ccc(C(=O)NC(CCC(=O)O)C(=O)O)cc3)ccc2n1. The first kappa shape index (κ1) is 22.1. The number of fused-ring (bicyclic) bond motifs is 1. The number of amides is 1. The molecule has 12 nitrogen and oxygen atoms in total. The first-order chi connectivity index (χ1) is 15.2. The third kappa shape index (κ3) is 5.50. The topological polar surface area (TPSA) is 206 Å². The van der Waals surface area contributed by atoms with E-state index in [1.54, 1.807) is 18.2 Å². The first-order valence-electron chi connectivity index (χ1n) is 9.33. The number of anilines is 2. The van der Waals surface area contributed by atoms with Crippen LogP contribution in [0.2, 0.25) is 0 Å². The minimum Gasteiger partial charge on any atom is -0.481 e. The molecule has 3 rings (SSSR count). The summed E-state index contributed by atoms with van der Waals surface area (Å²) < 4.78 is 0. The molecule has 164 valence electrons. The van der Waals surface area contributed by atoms with Crippen LogP contribution in [0.5, 0.6) is 0 Å². The van der Waals surface area contributed by atoms with Crippen molar-refractivity contribution in [2.45, 2.75) is 18.9 Å². The molecule has 0 radical (unpaired) electrons. The quantitative estimate of drug-likeness (QED) is 0.327. The van der Waals surface area contributed by atoms with Crippen LogP contribution in [0.1, 0.15) is 23.2 Å². The van der Waals surface area contributed by atoms with E-state index in [0.717, 1.165) is 0 Å². The average Bonchev–Trinajstić information content (AvgIpc) is 2.75. The zero-order valence-electron chi connectivity index (χ0n) is 16.6. The van der Waals surface area contributed by atoms with Crippen molar-refractivity contribution in [3.05, 3.63) is 48.0 Å². The third-order valence-corrected chi connectivity index (χ3v) is 4.39. The molecular weight excluding hydrogens is 418 g/mol. The lowest BCUT2D eigenvalue weighted by Gasteiger charge is -2.13. The zero-order chi connectivity index (χ0) is 23.3. The van der Waals surface area contributed by atoms with Crippen molar-refractivity contribution in [1.82, 2.24) is 15.3 Å². The Hall–Kier alpha value is -4.61. The van der Waals surface area contributed by atoms with Crippen molar-refractivity contribution in [2.75, 3.05) is 11.5 Å². The lowest BCUT2D eigenvalue weighted by Crippen LogP contribution is -2.41. The minimum absolute atomic E-state index is 0.0741. The number of aromatic nitrogens is 2. The van der Waals surface area contributed by atoms with E-state index in [1.807, 2.05) is 0 Å². The van der Waals surface area contributed by atoms with Gasteiger partial charge in [-0.3, -0.25) is 9.59 Å². The Morgan fingerprint density at radius 3 is 2.28 bits per heavy atom. The maximum Gasteiger partial charge on any atom is 0.326 e. The van der Waals surface area contributed by atoms with Crippen LogP contribution in [0.3, 0.4) is 0 Å². The van der Waals surface area contributed by atoms with E-state index in [-0.39, 0.29) is 30.2 Å². The summed E-state index contributed by atoms with van der Waals surface area (Å²) in [4.78, 5) is 42.1. The number of azo groups is 1. The summed E-state index contributed by atoms with van der Waals surface area (Å²) in [5, 5.41) is 28.9. The molecule has 3 aromatic rings. The predicted molar refractivity (Wildman–Crippen MR) is 115 cm³/mol. The van der Waals surface area contributed by atoms with Crippen molar-refractivity contribution in [3.8, 4) is 0 Å². The van der Waals surface area contributed by atoms with Gasteiger partial charge < -0.3 is 27.0 Å². The maximum absolute atomic E-state index is 12.3. The van der Waals surface area contributed by atoms with Gasteiger partial charge in [-0.25, -0.2) is 9.78 Å². The van der Waals surface area contributed by atoms with Crippen LogP contribution < -0.4 is 16.8 Å². The van der Waals surface area contributed by atoms with Gasteiger partial charge in [0.05, 0.1) is 16.9 Å². The van der Waals surface area contributed by atoms with Crippen molar-refractivity contribution in [2.24, 2.45) is 10.2 Å². The van der Waals surface area contributed by atoms with Gasteiger partial charge in [0.15, 0.2) is 0 Å². The molecular formula is C20H19N7O5. The largest absolute Gasteiger partial charge is 0.481 e. The molecule has 1 aromatic heterocycles. The molecule has 2 aromatic carbocycles. The molecule has 1 unspecified atom stereocenters. The first-order valence-corrected chi connectivity index (χ1v) is 9.33. The van der Waals surface area contributed by atoms with Gasteiger partial charge in [0.25, 0.3) is 5.91 Å². The Kier molecular flexibility index (Phi) is 6.53. The molecule has 0 saturated heterocycles. The predicted octanol–water partition coefficient (Wildman–Crippen LogP) is 2.26. The van der Waals surface area contributed by atoms with Crippen LogP contribution >= 0.6 is 0 Å². The summed E-state index contributed by atoms with van der Waals surface area (Å²) in [6.07, 6.45) is -0.604. The second kappa shape index (κ2) is 9.47. The molecule has 0 fully saturated rings. The lowest BCUT2D eigenvalue weighted by molar-refractivity contribution is -0.140. The van der Waals surface area contributed by atoms with Crippen LogP contribution in [-0.2, 0) is 9.59 Å². The highest BCUT2D eigenvalue weighted by molar-refractivity contribution is 5.97. The van der Waals surface area contributed by atoms with Gasteiger partial charge in [0.2, 0.25) is 5.95 Å². The van der Waals surface area contributed by atoms with Gasteiger partial charge in [0, 0.05) is 17.4 Å². The number of hydrogen-bond donors (Lipinski definition) is 5. The number of carbonyl (C=O) groups is 3. The van der Waals surface area contributed by atoms with E-state index < -0.39 is 23.9 Å². The van der Waals surface area contributed by atoms with E-state index in [1.165, 1.54) is 24.3 Å². The Balaban J connectivity index is 1.69. The van der Waals surface area contributed by atoms with Crippen molar-refractivity contribution < 1.29 is 24.6 Å². The van der Waals surface area contributed by atoms with E-state index in [2.05, 4.69) is 25.5 Å². The second-order valence-corrected chi connectivity index (χ2v) is 6.71. The second-order valence-electron chi connectivity index (χ2n) is 6.71. The number of rotatable bonds is 8. The Morgan fingerprint density at radius 1 is 0.969 bits per heavy atom. The van der Waals surface area contributed by atoms with Gasteiger partial charge >= 0.3 is 11.9 Å². The number of nitrogens with one attached hydrogen (secondary N) is 1. The van der Waals surface area contributed by atoms with E-state index >= 15 is 0 Å². The highest BCUT2D eigenvalue weighted by Gasteiger charge is 2.21. The average molecular weight is 437 g/mol. The number of nitrogen functional groups attached to an aromatic ring is 2. The zero-order valence-corrected chi connectivity index (χ0v) is 16.6. The van der Waals surface area contributed by atoms with Gasteiger partial charge in [-0.15, -0.1) is 0 Å². The lowest BCUT2D eigenvalue weighted by atomic mass is 10.1. The molecule has 0 aliphatic rings. The molecule has 7 N–H and O–H groups in total. The molecule has 0 aliphatic carbocycles. The molecule has 0 bridgehead atoms. The summed E-state index contributed by atoms with van der Waals surface area (Å²) in [5.74, 6) is -2.80. The number of carboxylic acid groups (broad SMARTS) is 2. The molecule has 12 heteroatoms. The summed E-state index contributed by atoms with van der Waals surface area (Å²) >= 11 is 0. The smallest absolute Gasteiger partial charge is 0.326 e. The molecule has 0 spiro atoms. The summed E-state index contributed by atoms with van der Waals surface area (Å²) in [6, 6.07) is 9.70. The van der Waals surface area contributed by atoms with Crippen molar-refractivity contribution in [1.29, 1.82) is 0 Å². The van der Waals surface area contributed by atoms with Crippen molar-refractivity contribution >= 4 is 51.9 Å². The monoisotopic (exact) mass is 437 g/mol. The molecule has 1 atom stereocenters. The minimum atomic E-state index is -1.31. The molecule has 0 saturated carbocycles. The number of nitrogens with two attached hydrogens (primary N) is 2. The Labute approximate surface area is 181 Å². The fourth-order valence-electron chi connectivity index (χ4n) is 2.78. The fourth-order valence-corrected chi connectivity index (χ4v) is 2.78. The van der Waals surface area contributed by atoms with Gasteiger partial charge in [-0.05, 0) is 48.9 Å². The number of benzene rings is 2. The van der Waals surface area contributed by atoms with Gasteiger partial charge in [0.1, 0.15) is 11.9 Å². The highest BCUT2D eigenvalue weighted by Crippen LogP contribution is 2.26. The summed E-state index contributed by atoms with van der Waals surface area (Å²) in [7, 11) is 0. The highest BCUT2D eigenvalue weighted by atomic mass is 16.4. The van der Waals surface area contributed by atoms with E-state index in [0.29, 0.717) is 22.3 Å². The standard InChI is InChI=1S/C20H19N7O5/c21-17-13-9-12(5-6-14(13)24-20(22)25-17)27-26-11-3-1-10(2-4-11)18(30)23-15(19(31)32)7-8-16(28)29/h1-6,9,15H,7-8H2,(H,23,30)(H,28,29)(H,31,32)(H4,21,22,24,25). The van der Waals surface area contributed by atoms with Gasteiger partial charge in [-0.2, -0.15) is 15.2 Å². The summed E-state index contributed by atoms with van der Waals surface area (Å²) in [6.45, 7) is 0. The van der Waals surface area contributed by atoms with Crippen LogP contribution in [0, 0.1) is 0 Å². The molecule has 0 aliphatic heterocycles. The number of aliphatic carboxylic acids is 2. The third-order valence-electron chi connectivity index (χ3n) is 4.39. The van der Waals surface area contributed by atoms with Crippen LogP contribution in [-0.4, -0.2) is 44.1 Å². The normalized spacial score (nSPS) is 12.0. The number of carbonyl (C=O) groups excluding carboxylic acids is 1.